The number of nitrogens with zero attached hydrogens (tertiary/aromatic N) is 1. The summed E-state index contributed by atoms with van der Waals surface area (Å²) in [5.74, 6) is -0.722. The van der Waals surface area contributed by atoms with Crippen molar-refractivity contribution >= 4 is 23.1 Å². The van der Waals surface area contributed by atoms with E-state index in [1.165, 1.54) is 32.4 Å². The van der Waals surface area contributed by atoms with Crippen LogP contribution in [0.5, 0.6) is 11.5 Å². The number of ether oxygens (including phenoxy) is 2. The molecule has 0 bridgehead atoms. The van der Waals surface area contributed by atoms with E-state index in [1.807, 2.05) is 0 Å². The number of H-pyrrole nitrogens is 1. The number of halogens is 2. The number of hydrogen-bond donors (Lipinski definition) is 1. The van der Waals surface area contributed by atoms with Crippen LogP contribution in [0.3, 0.4) is 0 Å². The maximum atomic E-state index is 13.2. The molecule has 1 heterocycles. The Morgan fingerprint density at radius 3 is 2.40 bits per heavy atom. The number of hydrogen-bond acceptors (Lipinski definition) is 4. The molecule has 5 nitrogen and oxygen atoms in total. The Balaban J connectivity index is 2.03. The molecule has 0 aliphatic carbocycles. The number of rotatable bonds is 4. The van der Waals surface area contributed by atoms with E-state index in [1.54, 1.807) is 12.1 Å². The van der Waals surface area contributed by atoms with Crippen molar-refractivity contribution in [3.8, 4) is 11.5 Å². The van der Waals surface area contributed by atoms with E-state index in [0.717, 1.165) is 12.1 Å². The van der Waals surface area contributed by atoms with Crippen LogP contribution in [0.15, 0.2) is 35.1 Å². The fourth-order valence-corrected chi connectivity index (χ4v) is 2.35. The van der Waals surface area contributed by atoms with E-state index in [-0.39, 0.29) is 11.4 Å². The normalized spacial score (nSPS) is 11.2. The highest BCUT2D eigenvalue weighted by atomic mass is 19.2. The third kappa shape index (κ3) is 3.35. The van der Waals surface area contributed by atoms with Crippen molar-refractivity contribution in [3.05, 3.63) is 63.7 Å². The third-order valence-electron chi connectivity index (χ3n) is 3.61. The van der Waals surface area contributed by atoms with E-state index in [0.29, 0.717) is 28.0 Å². The zero-order valence-corrected chi connectivity index (χ0v) is 13.5. The molecule has 25 heavy (non-hydrogen) atoms. The lowest BCUT2D eigenvalue weighted by Gasteiger charge is -2.08. The summed E-state index contributed by atoms with van der Waals surface area (Å²) >= 11 is 0. The van der Waals surface area contributed by atoms with Gasteiger partial charge in [-0.25, -0.2) is 13.8 Å². The summed E-state index contributed by atoms with van der Waals surface area (Å²) in [5.41, 5.74) is 0.510. The number of aromatic nitrogens is 2. The highest BCUT2D eigenvalue weighted by Gasteiger charge is 2.10. The van der Waals surface area contributed by atoms with Gasteiger partial charge in [0.15, 0.2) is 23.1 Å². The van der Waals surface area contributed by atoms with Crippen molar-refractivity contribution in [2.75, 3.05) is 14.2 Å². The van der Waals surface area contributed by atoms with Crippen LogP contribution in [0, 0.1) is 11.6 Å². The first-order chi connectivity index (χ1) is 12.0. The van der Waals surface area contributed by atoms with Crippen LogP contribution in [-0.2, 0) is 0 Å². The molecule has 2 aromatic carbocycles. The van der Waals surface area contributed by atoms with Crippen LogP contribution in [0.25, 0.3) is 23.1 Å². The van der Waals surface area contributed by atoms with Crippen molar-refractivity contribution in [3.63, 3.8) is 0 Å². The van der Waals surface area contributed by atoms with Gasteiger partial charge in [-0.05, 0) is 29.8 Å². The third-order valence-corrected chi connectivity index (χ3v) is 3.61. The molecular weight excluding hydrogens is 330 g/mol. The predicted octanol–water partition coefficient (Wildman–Crippen LogP) is 3.39. The molecule has 1 aromatic heterocycles. The zero-order valence-electron chi connectivity index (χ0n) is 13.5. The summed E-state index contributed by atoms with van der Waals surface area (Å²) in [6.45, 7) is 0. The number of benzene rings is 2. The quantitative estimate of drug-likeness (QED) is 0.788. The van der Waals surface area contributed by atoms with Crippen molar-refractivity contribution in [1.29, 1.82) is 0 Å². The molecule has 0 atom stereocenters. The fraction of sp³-hybridized carbons (Fsp3) is 0.111. The number of fused-ring (bicyclic) bond motifs is 1. The van der Waals surface area contributed by atoms with Crippen LogP contribution in [0.4, 0.5) is 8.78 Å². The first-order valence-electron chi connectivity index (χ1n) is 7.31. The van der Waals surface area contributed by atoms with Gasteiger partial charge in [-0.2, -0.15) is 0 Å². The maximum absolute atomic E-state index is 13.2. The van der Waals surface area contributed by atoms with Gasteiger partial charge in [-0.15, -0.1) is 0 Å². The van der Waals surface area contributed by atoms with Gasteiger partial charge < -0.3 is 14.5 Å². The fourth-order valence-electron chi connectivity index (χ4n) is 2.35. The molecule has 1 N–H and O–H groups in total. The first kappa shape index (κ1) is 16.6. The van der Waals surface area contributed by atoms with E-state index >= 15 is 0 Å². The standard InChI is InChI=1S/C18H14F2N2O3/c1-24-15-8-11-14(9-16(15)25-2)21-17(22-18(11)23)6-4-10-3-5-12(19)13(20)7-10/h3-9H,1-2H3,(H,21,22,23). The molecule has 3 rings (SSSR count). The highest BCUT2D eigenvalue weighted by Crippen LogP contribution is 2.29. The minimum Gasteiger partial charge on any atom is -0.493 e. The van der Waals surface area contributed by atoms with Gasteiger partial charge in [0, 0.05) is 6.07 Å². The summed E-state index contributed by atoms with van der Waals surface area (Å²) in [5, 5.41) is 0.350. The Morgan fingerprint density at radius 2 is 1.72 bits per heavy atom. The maximum Gasteiger partial charge on any atom is 0.259 e. The van der Waals surface area contributed by atoms with Crippen molar-refractivity contribution < 1.29 is 18.3 Å². The molecular formula is C18H14F2N2O3. The first-order valence-corrected chi connectivity index (χ1v) is 7.31. The molecule has 3 aromatic rings. The number of methoxy groups -OCH3 is 2. The van der Waals surface area contributed by atoms with Gasteiger partial charge in [0.1, 0.15) is 5.82 Å². The molecule has 0 amide bonds. The average Bonchev–Trinajstić information content (AvgIpc) is 2.61. The summed E-state index contributed by atoms with van der Waals surface area (Å²) in [6.07, 6.45) is 3.03. The molecule has 0 aliphatic heterocycles. The van der Waals surface area contributed by atoms with Crippen LogP contribution < -0.4 is 15.0 Å². The number of nitrogens with one attached hydrogen (secondary N) is 1. The smallest absolute Gasteiger partial charge is 0.259 e. The second-order valence-electron chi connectivity index (χ2n) is 5.18. The minimum absolute atomic E-state index is 0.273. The summed E-state index contributed by atoms with van der Waals surface area (Å²) in [6, 6.07) is 6.64. The second kappa shape index (κ2) is 6.72. The predicted molar refractivity (Wildman–Crippen MR) is 90.8 cm³/mol. The molecule has 7 heteroatoms. The van der Waals surface area contributed by atoms with Gasteiger partial charge in [-0.3, -0.25) is 4.79 Å². The molecule has 0 aliphatic rings. The van der Waals surface area contributed by atoms with Gasteiger partial charge >= 0.3 is 0 Å². The second-order valence-corrected chi connectivity index (χ2v) is 5.18. The van der Waals surface area contributed by atoms with Crippen LogP contribution in [0.2, 0.25) is 0 Å². The van der Waals surface area contributed by atoms with Crippen molar-refractivity contribution in [2.45, 2.75) is 0 Å². The zero-order chi connectivity index (χ0) is 18.0. The van der Waals surface area contributed by atoms with Gasteiger partial charge in [-0.1, -0.05) is 12.1 Å². The largest absolute Gasteiger partial charge is 0.493 e. The Hall–Kier alpha value is -3.22. The monoisotopic (exact) mass is 344 g/mol. The summed E-state index contributed by atoms with van der Waals surface area (Å²) < 4.78 is 36.5. The topological polar surface area (TPSA) is 64.2 Å². The average molecular weight is 344 g/mol. The Morgan fingerprint density at radius 1 is 1.00 bits per heavy atom. The van der Waals surface area contributed by atoms with Crippen LogP contribution in [-0.4, -0.2) is 24.2 Å². The molecule has 128 valence electrons. The molecule has 0 spiro atoms. The highest BCUT2D eigenvalue weighted by molar-refractivity contribution is 5.83. The Kier molecular flexibility index (Phi) is 4.47. The van der Waals surface area contributed by atoms with Gasteiger partial charge in [0.2, 0.25) is 0 Å². The molecule has 0 saturated heterocycles. The Bertz CT molecular complexity index is 1030. The van der Waals surface area contributed by atoms with Crippen LogP contribution >= 0.6 is 0 Å². The Labute approximate surface area is 141 Å². The van der Waals surface area contributed by atoms with E-state index in [9.17, 15) is 13.6 Å². The van der Waals surface area contributed by atoms with E-state index in [4.69, 9.17) is 9.47 Å². The lowest BCUT2D eigenvalue weighted by molar-refractivity contribution is 0.355. The molecule has 0 unspecified atom stereocenters. The molecule has 0 fully saturated rings. The van der Waals surface area contributed by atoms with E-state index < -0.39 is 11.6 Å². The van der Waals surface area contributed by atoms with Crippen molar-refractivity contribution in [1.82, 2.24) is 9.97 Å². The van der Waals surface area contributed by atoms with Crippen molar-refractivity contribution in [2.24, 2.45) is 0 Å². The summed E-state index contributed by atoms with van der Waals surface area (Å²) in [4.78, 5) is 19.2. The molecule has 0 saturated carbocycles. The van der Waals surface area contributed by atoms with E-state index in [2.05, 4.69) is 9.97 Å². The van der Waals surface area contributed by atoms with Crippen LogP contribution in [0.1, 0.15) is 11.4 Å². The lowest BCUT2D eigenvalue weighted by Crippen LogP contribution is -2.10. The number of aromatic amines is 1. The SMILES string of the molecule is COc1cc2nc(C=Cc3ccc(F)c(F)c3)[nH]c(=O)c2cc1OC. The van der Waals surface area contributed by atoms with Gasteiger partial charge in [0.05, 0.1) is 25.1 Å². The summed E-state index contributed by atoms with van der Waals surface area (Å²) in [7, 11) is 2.96. The minimum atomic E-state index is -0.945. The lowest BCUT2D eigenvalue weighted by atomic mass is 10.2. The molecule has 0 radical (unpaired) electrons. The van der Waals surface area contributed by atoms with Gasteiger partial charge in [0.25, 0.3) is 5.56 Å².